The van der Waals surface area contributed by atoms with Crippen LogP contribution in [-0.4, -0.2) is 45.3 Å². The molecule has 10 nitrogen and oxygen atoms in total. The van der Waals surface area contributed by atoms with E-state index in [-0.39, 0.29) is 0 Å². The molecule has 0 atom stereocenters. The third-order valence-electron chi connectivity index (χ3n) is 10.9. The van der Waals surface area contributed by atoms with Gasteiger partial charge in [0.2, 0.25) is 0 Å². The van der Waals surface area contributed by atoms with E-state index in [1.165, 1.54) is 39.5 Å². The summed E-state index contributed by atoms with van der Waals surface area (Å²) in [5.74, 6) is 0. The Kier molecular flexibility index (Phi) is 18.4. The van der Waals surface area contributed by atoms with Gasteiger partial charge < -0.3 is 18.5 Å². The van der Waals surface area contributed by atoms with Gasteiger partial charge in [-0.25, -0.2) is 9.97 Å². The van der Waals surface area contributed by atoms with Crippen LogP contribution in [0.2, 0.25) is 0 Å². The van der Waals surface area contributed by atoms with Crippen LogP contribution in [0.5, 0.6) is 0 Å². The van der Waals surface area contributed by atoms with Crippen LogP contribution >= 0.6 is 0 Å². The second-order valence-electron chi connectivity index (χ2n) is 15.8. The topological polar surface area (TPSA) is 111 Å². The van der Waals surface area contributed by atoms with Crippen molar-refractivity contribution in [3.63, 3.8) is 0 Å². The van der Waals surface area contributed by atoms with Crippen LogP contribution in [0.25, 0.3) is 54.6 Å². The maximum Gasteiger partial charge on any atom is 0.133 e. The third kappa shape index (κ3) is 15.1. The minimum atomic E-state index is 0.949. The van der Waals surface area contributed by atoms with E-state index in [9.17, 15) is 0 Å². The van der Waals surface area contributed by atoms with E-state index in [0.29, 0.717) is 0 Å². The van der Waals surface area contributed by atoms with Gasteiger partial charge in [0, 0.05) is 108 Å². The normalized spacial score (nSPS) is 10.5. The Morgan fingerprint density at radius 1 is 0.375 bits per heavy atom. The first-order valence-electron chi connectivity index (χ1n) is 23.5. The van der Waals surface area contributed by atoms with Crippen molar-refractivity contribution < 1.29 is 4.42 Å². The lowest BCUT2D eigenvalue weighted by Crippen LogP contribution is -1.90. The summed E-state index contributed by atoms with van der Waals surface area (Å²) in [5.41, 5.74) is 8.17. The predicted octanol–water partition coefficient (Wildman–Crippen LogP) is 14.5. The second-order valence-corrected chi connectivity index (χ2v) is 15.8. The molecule has 0 unspecified atom stereocenters. The van der Waals surface area contributed by atoms with Crippen LogP contribution in [0.1, 0.15) is 5.56 Å². The highest BCUT2D eigenvalue weighted by Crippen LogP contribution is 2.20. The van der Waals surface area contributed by atoms with Crippen LogP contribution in [-0.2, 0) is 6.42 Å². The Morgan fingerprint density at radius 2 is 0.972 bits per heavy atom. The lowest BCUT2D eigenvalue weighted by molar-refractivity contribution is 0.616. The van der Waals surface area contributed by atoms with Gasteiger partial charge in [-0.05, 0) is 126 Å². The Bertz CT molecular complexity index is 3080. The van der Waals surface area contributed by atoms with Gasteiger partial charge >= 0.3 is 0 Å². The summed E-state index contributed by atoms with van der Waals surface area (Å²) in [6, 6.07) is 68.6. The van der Waals surface area contributed by atoms with E-state index in [1.807, 2.05) is 189 Å². The van der Waals surface area contributed by atoms with Crippen molar-refractivity contribution in [2.24, 2.45) is 0 Å². The van der Waals surface area contributed by atoms with Gasteiger partial charge in [-0.3, -0.25) is 19.9 Å². The maximum atomic E-state index is 5.12. The van der Waals surface area contributed by atoms with Crippen molar-refractivity contribution in [2.45, 2.75) is 6.42 Å². The van der Waals surface area contributed by atoms with Crippen LogP contribution in [0, 0.1) is 0 Å². The number of nitrogens with one attached hydrogen (secondary N) is 1. The fraction of sp³-hybridized carbons (Fsp3) is 0.0323. The first kappa shape index (κ1) is 48.6. The number of nitrogens with zero attached hydrogens (tertiary/aromatic N) is 8. The summed E-state index contributed by atoms with van der Waals surface area (Å²) < 4.78 is 9.28. The lowest BCUT2D eigenvalue weighted by atomic mass is 10.2. The molecule has 0 aliphatic carbocycles. The van der Waals surface area contributed by atoms with E-state index in [2.05, 4.69) is 105 Å². The van der Waals surface area contributed by atoms with E-state index in [1.54, 1.807) is 43.6 Å². The van der Waals surface area contributed by atoms with E-state index in [0.717, 1.165) is 39.3 Å². The van der Waals surface area contributed by atoms with Gasteiger partial charge in [-0.1, -0.05) is 103 Å². The molecule has 0 saturated carbocycles. The third-order valence-corrected chi connectivity index (χ3v) is 10.9. The molecule has 1 N–H and O–H groups in total. The lowest BCUT2D eigenvalue weighted by Gasteiger charge is -1.94. The molecule has 14 aromatic rings. The Morgan fingerprint density at radius 3 is 1.64 bits per heavy atom. The molecule has 0 spiro atoms. The van der Waals surface area contributed by atoms with Gasteiger partial charge in [-0.2, -0.15) is 0 Å². The first-order valence-corrected chi connectivity index (χ1v) is 23.5. The van der Waals surface area contributed by atoms with Gasteiger partial charge in [-0.15, -0.1) is 0 Å². The Balaban J connectivity index is 0.000000110. The van der Waals surface area contributed by atoms with Crippen molar-refractivity contribution in [3.8, 4) is 0 Å². The molecule has 1 aliphatic heterocycles. The molecule has 0 fully saturated rings. The number of fused-ring (bicyclic) bond motifs is 7. The molecule has 0 amide bonds. The van der Waals surface area contributed by atoms with Gasteiger partial charge in [0.1, 0.15) is 11.9 Å². The van der Waals surface area contributed by atoms with Gasteiger partial charge in [0.05, 0.1) is 23.5 Å². The van der Waals surface area contributed by atoms with Crippen molar-refractivity contribution in [1.29, 1.82) is 0 Å². The molecule has 10 aromatic heterocycles. The number of anilines is 1. The summed E-state index contributed by atoms with van der Waals surface area (Å²) in [7, 11) is 0. The summed E-state index contributed by atoms with van der Waals surface area (Å²) in [6.07, 6.45) is 26.9. The molecule has 0 bridgehead atoms. The number of hydrogen-bond donors (Lipinski definition) is 1. The standard InChI is InChI=1S/C9H7N.2C8H6N2.2C8H7N.C8H9N.C8H6O.C5H5N/c1-2-4-9-7-10-6-5-8(9)3-1;1-2-7-3-5-9-6-8(7)10-4-1;1-2-4-8-7(3-1)5-9-6-10-8;2*1-2-6-9-7-3-5-8(9)4-1;2*1-2-4-8-7(3-1)5-6-9-8;1-2-4-6-5-3-1/h1-7H;2*1-6H;2*1-7H;1-4,9H,5-6H2;1-6H;1-5H. The number of rotatable bonds is 0. The second kappa shape index (κ2) is 27.3. The molecule has 4 aromatic carbocycles. The van der Waals surface area contributed by atoms with Crippen LogP contribution in [0.3, 0.4) is 0 Å². The summed E-state index contributed by atoms with van der Waals surface area (Å²) in [5, 5.41) is 9.14. The average molecular weight is 940 g/mol. The molecule has 15 rings (SSSR count). The quantitative estimate of drug-likeness (QED) is 0.160. The van der Waals surface area contributed by atoms with E-state index in [4.69, 9.17) is 4.42 Å². The molecule has 10 heteroatoms. The minimum Gasteiger partial charge on any atom is -0.464 e. The van der Waals surface area contributed by atoms with Crippen LogP contribution in [0.4, 0.5) is 5.69 Å². The number of aromatic nitrogens is 8. The zero-order valence-corrected chi connectivity index (χ0v) is 39.6. The van der Waals surface area contributed by atoms with Gasteiger partial charge in [0.15, 0.2) is 0 Å². The molecular formula is C62H53N9O. The zero-order chi connectivity index (χ0) is 49.1. The molecular weight excluding hydrogens is 887 g/mol. The first-order chi connectivity index (χ1) is 35.8. The number of furan rings is 1. The molecule has 72 heavy (non-hydrogen) atoms. The van der Waals surface area contributed by atoms with E-state index >= 15 is 0 Å². The fourth-order valence-corrected chi connectivity index (χ4v) is 7.29. The van der Waals surface area contributed by atoms with Gasteiger partial charge in [0.25, 0.3) is 0 Å². The summed E-state index contributed by atoms with van der Waals surface area (Å²) >= 11 is 0. The smallest absolute Gasteiger partial charge is 0.133 e. The van der Waals surface area contributed by atoms with Crippen molar-refractivity contribution in [2.75, 3.05) is 11.9 Å². The Hall–Kier alpha value is -9.80. The van der Waals surface area contributed by atoms with Crippen molar-refractivity contribution in [3.05, 3.63) is 299 Å². The number of hydrogen-bond acceptors (Lipinski definition) is 8. The highest BCUT2D eigenvalue weighted by Gasteiger charge is 2.06. The zero-order valence-electron chi connectivity index (χ0n) is 39.6. The minimum absolute atomic E-state index is 0.949. The molecule has 11 heterocycles. The van der Waals surface area contributed by atoms with Crippen LogP contribution < -0.4 is 5.32 Å². The summed E-state index contributed by atoms with van der Waals surface area (Å²) in [6.45, 7) is 1.11. The van der Waals surface area contributed by atoms with E-state index < -0.39 is 0 Å². The highest BCUT2D eigenvalue weighted by atomic mass is 16.3. The Labute approximate surface area is 418 Å². The highest BCUT2D eigenvalue weighted by molar-refractivity contribution is 5.81. The maximum absolute atomic E-state index is 5.12. The molecule has 352 valence electrons. The molecule has 0 saturated heterocycles. The number of pyridine rings is 6. The monoisotopic (exact) mass is 939 g/mol. The number of benzene rings is 4. The van der Waals surface area contributed by atoms with Crippen molar-refractivity contribution >= 4 is 60.3 Å². The fourth-order valence-electron chi connectivity index (χ4n) is 7.29. The number of para-hydroxylation sites is 3. The van der Waals surface area contributed by atoms with Crippen LogP contribution in [0.15, 0.2) is 298 Å². The predicted molar refractivity (Wildman–Crippen MR) is 295 cm³/mol. The molecule has 0 radical (unpaired) electrons. The summed E-state index contributed by atoms with van der Waals surface area (Å²) in [4.78, 5) is 23.8. The largest absolute Gasteiger partial charge is 0.464 e. The van der Waals surface area contributed by atoms with Crippen molar-refractivity contribution in [1.82, 2.24) is 38.7 Å². The average Bonchev–Trinajstić information content (AvgIpc) is 4.34. The molecule has 1 aliphatic rings. The SMILES string of the molecule is c1ccc2c(c1)CCN2.c1ccc2cnccc2c1.c1ccc2ncncc2c1.c1ccc2occc2c1.c1ccn2cccc2c1.c1ccn2cccc2c1.c1ccncc1.c1cnc2cnccc2c1.